The molecule has 1 N–H and O–H groups in total. The summed E-state index contributed by atoms with van der Waals surface area (Å²) in [6, 6.07) is 0. The van der Waals surface area contributed by atoms with Crippen LogP contribution in [0.15, 0.2) is 4.99 Å². The number of hydrogen-bond acceptors (Lipinski definition) is 4. The predicted octanol–water partition coefficient (Wildman–Crippen LogP) is 2.26. The fraction of sp³-hybridized carbons (Fsp3) is 0.909. The van der Waals surface area contributed by atoms with E-state index in [1.54, 1.807) is 0 Å². The van der Waals surface area contributed by atoms with Gasteiger partial charge in [0.25, 0.3) is 0 Å². The highest BCUT2D eigenvalue weighted by Crippen LogP contribution is 2.21. The first-order chi connectivity index (χ1) is 14.3. The van der Waals surface area contributed by atoms with Gasteiger partial charge in [-0.25, -0.2) is 0 Å². The van der Waals surface area contributed by atoms with Crippen LogP contribution in [0.2, 0.25) is 0 Å². The number of guanidine groups is 1. The van der Waals surface area contributed by atoms with Gasteiger partial charge in [-0.3, -0.25) is 9.79 Å². The molecule has 2 aliphatic heterocycles. The van der Waals surface area contributed by atoms with Crippen molar-refractivity contribution < 1.29 is 14.3 Å². The van der Waals surface area contributed by atoms with Gasteiger partial charge in [-0.05, 0) is 32.6 Å². The number of ether oxygens (including phenoxy) is 2. The summed E-state index contributed by atoms with van der Waals surface area (Å²) in [7, 11) is 0. The van der Waals surface area contributed by atoms with Crippen LogP contribution >= 0.6 is 0 Å². The molecule has 3 fully saturated rings. The maximum Gasteiger partial charge on any atom is 0.225 e. The number of nitrogens with zero attached hydrogens (tertiary/aromatic N) is 3. The van der Waals surface area contributed by atoms with Gasteiger partial charge >= 0.3 is 0 Å². The van der Waals surface area contributed by atoms with Gasteiger partial charge in [0.1, 0.15) is 0 Å². The predicted molar refractivity (Wildman–Crippen MR) is 115 cm³/mol. The topological polar surface area (TPSA) is 66.4 Å². The summed E-state index contributed by atoms with van der Waals surface area (Å²) in [5.74, 6) is 1.42. The van der Waals surface area contributed by atoms with Crippen molar-refractivity contribution in [2.45, 2.75) is 64.4 Å². The number of piperidine rings is 1. The molecule has 0 radical (unpaired) electrons. The van der Waals surface area contributed by atoms with E-state index in [1.807, 2.05) is 4.90 Å². The highest BCUT2D eigenvalue weighted by Gasteiger charge is 2.30. The molecule has 0 aromatic heterocycles. The molecule has 1 amide bonds. The fourth-order valence-electron chi connectivity index (χ4n) is 4.59. The highest BCUT2D eigenvalue weighted by atomic mass is 16.5. The molecule has 0 aromatic rings. The molecule has 2 heterocycles. The van der Waals surface area contributed by atoms with E-state index in [-0.39, 0.29) is 5.92 Å². The van der Waals surface area contributed by atoms with E-state index in [0.29, 0.717) is 38.4 Å². The van der Waals surface area contributed by atoms with Crippen LogP contribution in [0.3, 0.4) is 0 Å². The first-order valence-corrected chi connectivity index (χ1v) is 11.8. The van der Waals surface area contributed by atoms with E-state index in [4.69, 9.17) is 14.5 Å². The molecule has 2 saturated heterocycles. The van der Waals surface area contributed by atoms with Crippen LogP contribution in [0.1, 0.15) is 58.3 Å². The molecule has 1 saturated carbocycles. The third-order valence-electron chi connectivity index (χ3n) is 6.31. The largest absolute Gasteiger partial charge is 0.378 e. The van der Waals surface area contributed by atoms with Gasteiger partial charge in [0, 0.05) is 38.6 Å². The van der Waals surface area contributed by atoms with Crippen LogP contribution in [-0.2, 0) is 14.3 Å². The van der Waals surface area contributed by atoms with E-state index < -0.39 is 0 Å². The van der Waals surface area contributed by atoms with E-state index in [0.717, 1.165) is 51.5 Å². The third-order valence-corrected chi connectivity index (χ3v) is 6.31. The van der Waals surface area contributed by atoms with E-state index in [2.05, 4.69) is 17.1 Å². The number of rotatable bonds is 6. The minimum Gasteiger partial charge on any atom is -0.378 e. The molecule has 0 bridgehead atoms. The summed E-state index contributed by atoms with van der Waals surface area (Å²) in [6.45, 7) is 8.95. The molecule has 3 aliphatic rings. The summed E-state index contributed by atoms with van der Waals surface area (Å²) >= 11 is 0. The van der Waals surface area contributed by atoms with Crippen molar-refractivity contribution in [1.29, 1.82) is 0 Å². The Bertz CT molecular complexity index is 506. The van der Waals surface area contributed by atoms with Crippen molar-refractivity contribution in [3.05, 3.63) is 0 Å². The Labute approximate surface area is 176 Å². The number of hydrogen-bond donors (Lipinski definition) is 1. The van der Waals surface area contributed by atoms with Gasteiger partial charge in [0.05, 0.1) is 32.5 Å². The lowest BCUT2D eigenvalue weighted by Gasteiger charge is -2.36. The van der Waals surface area contributed by atoms with Crippen LogP contribution < -0.4 is 5.32 Å². The average molecular weight is 409 g/mol. The third kappa shape index (κ3) is 7.14. The summed E-state index contributed by atoms with van der Waals surface area (Å²) in [5.41, 5.74) is 0. The zero-order valence-electron chi connectivity index (χ0n) is 18.2. The van der Waals surface area contributed by atoms with Gasteiger partial charge in [-0.15, -0.1) is 0 Å². The summed E-state index contributed by atoms with van der Waals surface area (Å²) < 4.78 is 11.4. The van der Waals surface area contributed by atoms with Gasteiger partial charge in [-0.1, -0.05) is 25.7 Å². The standard InChI is InChI=1S/C22H40N4O3/c1-2-23-22(24-11-16-29-20-7-5-3-4-6-8-20)26-12-9-19(10-13-26)21(27)25-14-17-28-18-15-25/h19-20H,2-18H2,1H3,(H,23,24). The summed E-state index contributed by atoms with van der Waals surface area (Å²) in [5, 5.41) is 3.42. The molecule has 7 heteroatoms. The Kier molecular flexibility index (Phi) is 9.54. The molecule has 29 heavy (non-hydrogen) atoms. The quantitative estimate of drug-likeness (QED) is 0.316. The van der Waals surface area contributed by atoms with E-state index in [9.17, 15) is 4.79 Å². The van der Waals surface area contributed by atoms with Gasteiger partial charge < -0.3 is 24.6 Å². The molecule has 0 atom stereocenters. The lowest BCUT2D eigenvalue weighted by atomic mass is 9.95. The van der Waals surface area contributed by atoms with Crippen LogP contribution in [0.25, 0.3) is 0 Å². The van der Waals surface area contributed by atoms with Crippen molar-refractivity contribution in [2.75, 3.05) is 59.1 Å². The van der Waals surface area contributed by atoms with Gasteiger partial charge in [-0.2, -0.15) is 0 Å². The molecule has 0 spiro atoms. The normalized spacial score (nSPS) is 23.1. The zero-order valence-corrected chi connectivity index (χ0v) is 18.2. The number of carbonyl (C=O) groups excluding carboxylic acids is 1. The monoisotopic (exact) mass is 408 g/mol. The molecule has 0 unspecified atom stereocenters. The van der Waals surface area contributed by atoms with Crippen LogP contribution in [0, 0.1) is 5.92 Å². The lowest BCUT2D eigenvalue weighted by Crippen LogP contribution is -2.50. The summed E-state index contributed by atoms with van der Waals surface area (Å²) in [6.07, 6.45) is 9.95. The molecule has 7 nitrogen and oxygen atoms in total. The van der Waals surface area contributed by atoms with E-state index in [1.165, 1.54) is 38.5 Å². The van der Waals surface area contributed by atoms with Crippen molar-refractivity contribution in [1.82, 2.24) is 15.1 Å². The minimum atomic E-state index is 0.144. The Balaban J connectivity index is 1.41. The number of carbonyl (C=O) groups is 1. The number of nitrogens with one attached hydrogen (secondary N) is 1. The van der Waals surface area contributed by atoms with E-state index >= 15 is 0 Å². The summed E-state index contributed by atoms with van der Waals surface area (Å²) in [4.78, 5) is 21.8. The molecule has 166 valence electrons. The second-order valence-corrected chi connectivity index (χ2v) is 8.42. The molecule has 3 rings (SSSR count). The van der Waals surface area contributed by atoms with Crippen molar-refractivity contribution in [2.24, 2.45) is 10.9 Å². The number of morpholine rings is 1. The van der Waals surface area contributed by atoms with Crippen molar-refractivity contribution in [3.63, 3.8) is 0 Å². The van der Waals surface area contributed by atoms with Gasteiger partial charge in [0.15, 0.2) is 5.96 Å². The van der Waals surface area contributed by atoms with Crippen molar-refractivity contribution in [3.8, 4) is 0 Å². The maximum absolute atomic E-state index is 12.7. The molecular weight excluding hydrogens is 368 g/mol. The SMILES string of the molecule is CCNC(=NCCOC1CCCCCC1)N1CCC(C(=O)N2CCOCC2)CC1. The number of aliphatic imine (C=N–C) groups is 1. The molecule has 1 aliphatic carbocycles. The number of likely N-dealkylation sites (tertiary alicyclic amines) is 1. The van der Waals surface area contributed by atoms with Crippen molar-refractivity contribution >= 4 is 11.9 Å². The maximum atomic E-state index is 12.7. The number of amides is 1. The minimum absolute atomic E-state index is 0.144. The highest BCUT2D eigenvalue weighted by molar-refractivity contribution is 5.81. The Morgan fingerprint density at radius 2 is 1.69 bits per heavy atom. The van der Waals surface area contributed by atoms with Crippen LogP contribution in [0.4, 0.5) is 0 Å². The van der Waals surface area contributed by atoms with Crippen LogP contribution in [0.5, 0.6) is 0 Å². The fourth-order valence-corrected chi connectivity index (χ4v) is 4.59. The lowest BCUT2D eigenvalue weighted by molar-refractivity contribution is -0.140. The Morgan fingerprint density at radius 3 is 2.34 bits per heavy atom. The smallest absolute Gasteiger partial charge is 0.225 e. The molecular formula is C22H40N4O3. The first kappa shape index (κ1) is 22.3. The average Bonchev–Trinajstić information content (AvgIpc) is 3.05. The second-order valence-electron chi connectivity index (χ2n) is 8.42. The Hall–Kier alpha value is -1.34. The van der Waals surface area contributed by atoms with Crippen LogP contribution in [-0.4, -0.2) is 86.9 Å². The zero-order chi connectivity index (χ0) is 20.3. The Morgan fingerprint density at radius 1 is 1.00 bits per heavy atom. The van der Waals surface area contributed by atoms with Gasteiger partial charge in [0.2, 0.25) is 5.91 Å². The first-order valence-electron chi connectivity index (χ1n) is 11.8. The molecule has 0 aromatic carbocycles. The second kappa shape index (κ2) is 12.4.